The zero-order valence-electron chi connectivity index (χ0n) is 15.2. The molecule has 2 amide bonds. The van der Waals surface area contributed by atoms with Crippen LogP contribution in [0, 0.1) is 5.92 Å². The molecule has 0 bridgehead atoms. The van der Waals surface area contributed by atoms with Gasteiger partial charge in [-0.15, -0.1) is 0 Å². The first-order valence-electron chi connectivity index (χ1n) is 8.96. The fraction of sp³-hybridized carbons (Fsp3) is 0.579. The van der Waals surface area contributed by atoms with Crippen molar-refractivity contribution in [2.75, 3.05) is 25.1 Å². The summed E-state index contributed by atoms with van der Waals surface area (Å²) < 4.78 is 5.17. The van der Waals surface area contributed by atoms with Crippen molar-refractivity contribution in [2.24, 2.45) is 11.7 Å². The number of methoxy groups -OCH3 is 1. The first-order valence-corrected chi connectivity index (χ1v) is 8.96. The molecule has 0 aliphatic heterocycles. The minimum absolute atomic E-state index is 0.0148. The molecular weight excluding hydrogens is 318 g/mol. The number of ether oxygens (including phenoxy) is 1. The smallest absolute Gasteiger partial charge is 0.239 e. The Morgan fingerprint density at radius 3 is 2.52 bits per heavy atom. The maximum absolute atomic E-state index is 12.5. The maximum Gasteiger partial charge on any atom is 0.239 e. The van der Waals surface area contributed by atoms with Crippen LogP contribution < -0.4 is 20.7 Å². The monoisotopic (exact) mass is 347 g/mol. The quantitative estimate of drug-likeness (QED) is 0.754. The van der Waals surface area contributed by atoms with Crippen LogP contribution in [0.25, 0.3) is 0 Å². The van der Waals surface area contributed by atoms with E-state index in [1.54, 1.807) is 7.11 Å². The molecule has 1 aliphatic rings. The lowest BCUT2D eigenvalue weighted by molar-refractivity contribution is -0.121. The molecule has 3 N–H and O–H groups in total. The number of primary amides is 1. The number of hydrogen-bond donors (Lipinski definition) is 2. The van der Waals surface area contributed by atoms with E-state index in [0.717, 1.165) is 24.3 Å². The standard InChI is InChI=1S/C19H29N3O3/c1-14-5-3-4-6-17(14)21-19(24)13-22(12-11-18(20)23)15-7-9-16(25-2)10-8-15/h7-10,14,17H,3-6,11-13H2,1-2H3,(H2,20,23)(H,21,24)/t14-,17+/m1/s1. The lowest BCUT2D eigenvalue weighted by Crippen LogP contribution is -2.46. The molecule has 0 radical (unpaired) electrons. The Morgan fingerprint density at radius 2 is 1.92 bits per heavy atom. The first-order chi connectivity index (χ1) is 12.0. The van der Waals surface area contributed by atoms with Crippen molar-refractivity contribution in [3.63, 3.8) is 0 Å². The Hall–Kier alpha value is -2.24. The highest BCUT2D eigenvalue weighted by Gasteiger charge is 2.23. The van der Waals surface area contributed by atoms with Gasteiger partial charge in [0.2, 0.25) is 11.8 Å². The van der Waals surface area contributed by atoms with E-state index in [4.69, 9.17) is 10.5 Å². The molecule has 0 saturated heterocycles. The van der Waals surface area contributed by atoms with Crippen LogP contribution in [0.1, 0.15) is 39.0 Å². The van der Waals surface area contributed by atoms with Crippen molar-refractivity contribution >= 4 is 17.5 Å². The number of amides is 2. The summed E-state index contributed by atoms with van der Waals surface area (Å²) in [6.45, 7) is 2.82. The highest BCUT2D eigenvalue weighted by molar-refractivity contribution is 5.82. The van der Waals surface area contributed by atoms with Gasteiger partial charge < -0.3 is 20.7 Å². The van der Waals surface area contributed by atoms with Crippen LogP contribution >= 0.6 is 0 Å². The Kier molecular flexibility index (Phi) is 7.10. The molecule has 1 aromatic carbocycles. The average molecular weight is 347 g/mol. The molecule has 2 atom stereocenters. The summed E-state index contributed by atoms with van der Waals surface area (Å²) in [4.78, 5) is 25.6. The van der Waals surface area contributed by atoms with Crippen molar-refractivity contribution in [3.8, 4) is 5.75 Å². The highest BCUT2D eigenvalue weighted by Crippen LogP contribution is 2.24. The number of carbonyl (C=O) groups is 2. The summed E-state index contributed by atoms with van der Waals surface area (Å²) in [6.07, 6.45) is 4.81. The molecule has 0 aromatic heterocycles. The van der Waals surface area contributed by atoms with Gasteiger partial charge in [-0.2, -0.15) is 0 Å². The molecule has 1 aliphatic carbocycles. The third-order valence-corrected chi connectivity index (χ3v) is 4.86. The van der Waals surface area contributed by atoms with E-state index in [1.165, 1.54) is 12.8 Å². The SMILES string of the molecule is COc1ccc(N(CCC(N)=O)CC(=O)N[C@H]2CCCC[C@H]2C)cc1. The zero-order chi connectivity index (χ0) is 18.2. The van der Waals surface area contributed by atoms with Crippen LogP contribution in [0.5, 0.6) is 5.75 Å². The summed E-state index contributed by atoms with van der Waals surface area (Å²) >= 11 is 0. The van der Waals surface area contributed by atoms with E-state index < -0.39 is 0 Å². The molecule has 0 spiro atoms. The minimum atomic E-state index is -0.375. The van der Waals surface area contributed by atoms with Gasteiger partial charge in [-0.25, -0.2) is 0 Å². The number of benzene rings is 1. The molecular formula is C19H29N3O3. The lowest BCUT2D eigenvalue weighted by Gasteiger charge is -2.31. The van der Waals surface area contributed by atoms with Gasteiger partial charge in [-0.1, -0.05) is 19.8 Å². The summed E-state index contributed by atoms with van der Waals surface area (Å²) in [6, 6.07) is 7.70. The minimum Gasteiger partial charge on any atom is -0.497 e. The topological polar surface area (TPSA) is 84.7 Å². The molecule has 1 saturated carbocycles. The number of nitrogens with zero attached hydrogens (tertiary/aromatic N) is 1. The largest absolute Gasteiger partial charge is 0.497 e. The van der Waals surface area contributed by atoms with Gasteiger partial charge in [0.15, 0.2) is 0 Å². The van der Waals surface area contributed by atoms with Gasteiger partial charge >= 0.3 is 0 Å². The average Bonchev–Trinajstić information content (AvgIpc) is 2.60. The van der Waals surface area contributed by atoms with Gasteiger partial charge in [-0.05, 0) is 43.0 Å². The third kappa shape index (κ3) is 5.96. The van der Waals surface area contributed by atoms with Crippen molar-refractivity contribution in [2.45, 2.75) is 45.1 Å². The Labute approximate surface area is 149 Å². The fourth-order valence-electron chi connectivity index (χ4n) is 3.29. The number of hydrogen-bond acceptors (Lipinski definition) is 4. The maximum atomic E-state index is 12.5. The Balaban J connectivity index is 2.00. The van der Waals surface area contributed by atoms with Gasteiger partial charge in [0.25, 0.3) is 0 Å². The summed E-state index contributed by atoms with van der Waals surface area (Å²) in [7, 11) is 1.61. The second kappa shape index (κ2) is 9.30. The molecule has 25 heavy (non-hydrogen) atoms. The number of nitrogens with one attached hydrogen (secondary N) is 1. The second-order valence-electron chi connectivity index (χ2n) is 6.77. The van der Waals surface area contributed by atoms with E-state index in [-0.39, 0.29) is 30.8 Å². The fourth-order valence-corrected chi connectivity index (χ4v) is 3.29. The second-order valence-corrected chi connectivity index (χ2v) is 6.77. The van der Waals surface area contributed by atoms with Crippen molar-refractivity contribution in [1.82, 2.24) is 5.32 Å². The number of carbonyl (C=O) groups excluding carboxylic acids is 2. The molecule has 1 aromatic rings. The van der Waals surface area contributed by atoms with Crippen LogP contribution in [0.2, 0.25) is 0 Å². The van der Waals surface area contributed by atoms with E-state index in [2.05, 4.69) is 12.2 Å². The summed E-state index contributed by atoms with van der Waals surface area (Å²) in [5.74, 6) is 0.871. The van der Waals surface area contributed by atoms with Gasteiger partial charge in [-0.3, -0.25) is 9.59 Å². The van der Waals surface area contributed by atoms with Gasteiger partial charge in [0, 0.05) is 24.7 Å². The predicted octanol–water partition coefficient (Wildman–Crippen LogP) is 2.07. The molecule has 6 nitrogen and oxygen atoms in total. The van der Waals surface area contributed by atoms with Crippen LogP contribution in [0.3, 0.4) is 0 Å². The normalized spacial score (nSPS) is 19.9. The van der Waals surface area contributed by atoms with Gasteiger partial charge in [0.1, 0.15) is 5.75 Å². The Bertz CT molecular complexity index is 574. The van der Waals surface area contributed by atoms with E-state index in [1.807, 2.05) is 29.2 Å². The van der Waals surface area contributed by atoms with Crippen molar-refractivity contribution in [3.05, 3.63) is 24.3 Å². The summed E-state index contributed by atoms with van der Waals surface area (Å²) in [5.41, 5.74) is 6.15. The van der Waals surface area contributed by atoms with Gasteiger partial charge in [0.05, 0.1) is 13.7 Å². The number of anilines is 1. The molecule has 2 rings (SSSR count). The van der Waals surface area contributed by atoms with E-state index in [9.17, 15) is 9.59 Å². The summed E-state index contributed by atoms with van der Waals surface area (Å²) in [5, 5.41) is 3.16. The van der Waals surface area contributed by atoms with Crippen molar-refractivity contribution in [1.29, 1.82) is 0 Å². The van der Waals surface area contributed by atoms with Crippen LogP contribution in [0.4, 0.5) is 5.69 Å². The predicted molar refractivity (Wildman–Crippen MR) is 98.6 cm³/mol. The lowest BCUT2D eigenvalue weighted by atomic mass is 9.86. The Morgan fingerprint density at radius 1 is 1.24 bits per heavy atom. The molecule has 6 heteroatoms. The number of nitrogens with two attached hydrogens (primary N) is 1. The van der Waals surface area contributed by atoms with E-state index >= 15 is 0 Å². The van der Waals surface area contributed by atoms with Crippen molar-refractivity contribution < 1.29 is 14.3 Å². The number of rotatable bonds is 8. The van der Waals surface area contributed by atoms with Crippen LogP contribution in [-0.4, -0.2) is 38.1 Å². The zero-order valence-corrected chi connectivity index (χ0v) is 15.2. The highest BCUT2D eigenvalue weighted by atomic mass is 16.5. The first kappa shape index (κ1) is 19.1. The third-order valence-electron chi connectivity index (χ3n) is 4.86. The molecule has 138 valence electrons. The van der Waals surface area contributed by atoms with Crippen LogP contribution in [-0.2, 0) is 9.59 Å². The van der Waals surface area contributed by atoms with E-state index in [0.29, 0.717) is 12.5 Å². The molecule has 1 fully saturated rings. The van der Waals surface area contributed by atoms with Crippen LogP contribution in [0.15, 0.2) is 24.3 Å². The molecule has 0 heterocycles. The molecule has 0 unspecified atom stereocenters.